The molecule has 0 unspecified atom stereocenters. The van der Waals surface area contributed by atoms with Crippen LogP contribution in [0.25, 0.3) is 0 Å². The zero-order valence-electron chi connectivity index (χ0n) is 10.8. The van der Waals surface area contributed by atoms with Crippen molar-refractivity contribution in [3.8, 4) is 0 Å². The van der Waals surface area contributed by atoms with Crippen LogP contribution in [0.3, 0.4) is 0 Å². The summed E-state index contributed by atoms with van der Waals surface area (Å²) < 4.78 is -0.853. The average Bonchev–Trinajstić information content (AvgIpc) is 2.54. The van der Waals surface area contributed by atoms with Crippen molar-refractivity contribution in [2.45, 2.75) is 55.7 Å². The van der Waals surface area contributed by atoms with Crippen molar-refractivity contribution in [2.24, 2.45) is 0 Å². The molecule has 5 heteroatoms. The fourth-order valence-corrected chi connectivity index (χ4v) is 3.05. The van der Waals surface area contributed by atoms with Gasteiger partial charge in [0, 0.05) is 11.3 Å². The first kappa shape index (κ1) is 13.3. The van der Waals surface area contributed by atoms with E-state index in [1.165, 1.54) is 18.2 Å². The second kappa shape index (κ2) is 5.26. The summed E-state index contributed by atoms with van der Waals surface area (Å²) in [5.74, 6) is -0.812. The number of carboxylic acid groups (broad SMARTS) is 1. The first-order valence-electron chi connectivity index (χ1n) is 6.26. The summed E-state index contributed by atoms with van der Waals surface area (Å²) in [6, 6.07) is 0. The van der Waals surface area contributed by atoms with Gasteiger partial charge in [0.1, 0.15) is 16.1 Å². The average molecular weight is 266 g/mol. The Morgan fingerprint density at radius 1 is 1.28 bits per heavy atom. The van der Waals surface area contributed by atoms with Crippen LogP contribution >= 0.6 is 11.8 Å². The Labute approximate surface area is 111 Å². The number of hydrogen-bond acceptors (Lipinski definition) is 4. The zero-order valence-corrected chi connectivity index (χ0v) is 11.6. The third-order valence-corrected chi connectivity index (χ3v) is 4.43. The molecule has 0 bridgehead atoms. The third kappa shape index (κ3) is 2.83. The Morgan fingerprint density at radius 2 is 2.00 bits per heavy atom. The van der Waals surface area contributed by atoms with Gasteiger partial charge in [0.15, 0.2) is 0 Å². The fraction of sp³-hybridized carbons (Fsp3) is 0.615. The number of thioether (sulfide) groups is 1. The van der Waals surface area contributed by atoms with Crippen LogP contribution < -0.4 is 0 Å². The molecule has 0 radical (unpaired) electrons. The summed E-state index contributed by atoms with van der Waals surface area (Å²) in [5, 5.41) is 10.0. The molecule has 1 heterocycles. The van der Waals surface area contributed by atoms with Gasteiger partial charge in [-0.05, 0) is 39.5 Å². The summed E-state index contributed by atoms with van der Waals surface area (Å²) >= 11 is 1.33. The van der Waals surface area contributed by atoms with Crippen LogP contribution in [0, 0.1) is 0 Å². The minimum absolute atomic E-state index is 0.812. The molecule has 18 heavy (non-hydrogen) atoms. The van der Waals surface area contributed by atoms with E-state index in [2.05, 4.69) is 9.97 Å². The number of rotatable bonds is 3. The first-order valence-corrected chi connectivity index (χ1v) is 7.07. The van der Waals surface area contributed by atoms with Crippen LogP contribution in [-0.4, -0.2) is 25.8 Å². The van der Waals surface area contributed by atoms with E-state index in [9.17, 15) is 9.90 Å². The first-order chi connectivity index (χ1) is 8.50. The largest absolute Gasteiger partial charge is 0.480 e. The molecule has 2 rings (SSSR count). The molecule has 1 aromatic heterocycles. The molecule has 0 atom stereocenters. The highest BCUT2D eigenvalue weighted by molar-refractivity contribution is 8.01. The number of fused-ring (bicyclic) bond motifs is 1. The molecule has 0 saturated carbocycles. The summed E-state index contributed by atoms with van der Waals surface area (Å²) in [5.41, 5.74) is 2.26. The zero-order chi connectivity index (χ0) is 13.2. The highest BCUT2D eigenvalue weighted by Gasteiger charge is 2.30. The van der Waals surface area contributed by atoms with Crippen molar-refractivity contribution in [1.29, 1.82) is 0 Å². The van der Waals surface area contributed by atoms with E-state index in [0.717, 1.165) is 42.0 Å². The van der Waals surface area contributed by atoms with Crippen molar-refractivity contribution >= 4 is 17.7 Å². The van der Waals surface area contributed by atoms with E-state index in [1.54, 1.807) is 20.2 Å². The van der Waals surface area contributed by atoms with Crippen LogP contribution in [-0.2, 0) is 17.6 Å². The molecule has 1 aliphatic rings. The number of carboxylic acids is 1. The normalized spacial score (nSPS) is 15.9. The second-order valence-corrected chi connectivity index (χ2v) is 6.69. The standard InChI is InChI=1S/C13H18N2O2S/c1-13(2,12(16)17)18-11-9-6-4-3-5-7-10(9)14-8-15-11/h8H,3-7H2,1-2H3,(H,16,17). The van der Waals surface area contributed by atoms with E-state index < -0.39 is 10.7 Å². The lowest BCUT2D eigenvalue weighted by atomic mass is 10.1. The molecule has 0 fully saturated rings. The van der Waals surface area contributed by atoms with E-state index in [-0.39, 0.29) is 0 Å². The van der Waals surface area contributed by atoms with Gasteiger partial charge in [0.25, 0.3) is 0 Å². The summed E-state index contributed by atoms with van der Waals surface area (Å²) in [7, 11) is 0. The SMILES string of the molecule is CC(C)(Sc1ncnc2c1CCCCC2)C(=O)O. The molecule has 4 nitrogen and oxygen atoms in total. The highest BCUT2D eigenvalue weighted by atomic mass is 32.2. The maximum absolute atomic E-state index is 11.2. The van der Waals surface area contributed by atoms with Crippen LogP contribution in [0.1, 0.15) is 44.4 Å². The van der Waals surface area contributed by atoms with Crippen molar-refractivity contribution in [2.75, 3.05) is 0 Å². The van der Waals surface area contributed by atoms with E-state index >= 15 is 0 Å². The van der Waals surface area contributed by atoms with Gasteiger partial charge in [0.2, 0.25) is 0 Å². The van der Waals surface area contributed by atoms with Crippen LogP contribution in [0.5, 0.6) is 0 Å². The summed E-state index contributed by atoms with van der Waals surface area (Å²) in [4.78, 5) is 19.8. The molecule has 0 aromatic carbocycles. The van der Waals surface area contributed by atoms with Crippen LogP contribution in [0.4, 0.5) is 0 Å². The van der Waals surface area contributed by atoms with E-state index in [4.69, 9.17) is 0 Å². The molecule has 0 aliphatic heterocycles. The molecular weight excluding hydrogens is 248 g/mol. The lowest BCUT2D eigenvalue weighted by Crippen LogP contribution is -2.27. The molecule has 0 amide bonds. The maximum Gasteiger partial charge on any atom is 0.319 e. The van der Waals surface area contributed by atoms with Gasteiger partial charge >= 0.3 is 5.97 Å². The van der Waals surface area contributed by atoms with Gasteiger partial charge < -0.3 is 5.11 Å². The van der Waals surface area contributed by atoms with Gasteiger partial charge in [-0.2, -0.15) is 0 Å². The van der Waals surface area contributed by atoms with Crippen molar-refractivity contribution < 1.29 is 9.90 Å². The number of aromatic nitrogens is 2. The number of nitrogens with zero attached hydrogens (tertiary/aromatic N) is 2. The molecule has 98 valence electrons. The van der Waals surface area contributed by atoms with Gasteiger partial charge in [0.05, 0.1) is 0 Å². The predicted octanol–water partition coefficient (Wildman–Crippen LogP) is 2.70. The second-order valence-electron chi connectivity index (χ2n) is 5.08. The fourth-order valence-electron chi connectivity index (χ4n) is 2.04. The molecule has 1 aliphatic carbocycles. The Balaban J connectivity index is 2.31. The van der Waals surface area contributed by atoms with Crippen molar-refractivity contribution in [1.82, 2.24) is 9.97 Å². The lowest BCUT2D eigenvalue weighted by Gasteiger charge is -2.19. The summed E-state index contributed by atoms with van der Waals surface area (Å²) in [6.07, 6.45) is 7.03. The molecule has 0 saturated heterocycles. The number of hydrogen-bond donors (Lipinski definition) is 1. The quantitative estimate of drug-likeness (QED) is 0.518. The highest BCUT2D eigenvalue weighted by Crippen LogP contribution is 2.35. The predicted molar refractivity (Wildman–Crippen MR) is 70.9 cm³/mol. The number of aliphatic carboxylic acids is 1. The Kier molecular flexibility index (Phi) is 3.90. The molecule has 1 N–H and O–H groups in total. The Morgan fingerprint density at radius 3 is 2.72 bits per heavy atom. The third-order valence-electron chi connectivity index (χ3n) is 3.20. The molecular formula is C13H18N2O2S. The molecule has 1 aromatic rings. The van der Waals surface area contributed by atoms with Crippen molar-refractivity contribution in [3.63, 3.8) is 0 Å². The number of aryl methyl sites for hydroxylation is 1. The smallest absolute Gasteiger partial charge is 0.319 e. The minimum Gasteiger partial charge on any atom is -0.480 e. The van der Waals surface area contributed by atoms with Crippen LogP contribution in [0.2, 0.25) is 0 Å². The van der Waals surface area contributed by atoms with E-state index in [0.29, 0.717) is 0 Å². The topological polar surface area (TPSA) is 63.1 Å². The van der Waals surface area contributed by atoms with Gasteiger partial charge in [-0.1, -0.05) is 18.2 Å². The van der Waals surface area contributed by atoms with Gasteiger partial charge in [-0.3, -0.25) is 4.79 Å². The van der Waals surface area contributed by atoms with Gasteiger partial charge in [-0.15, -0.1) is 0 Å². The minimum atomic E-state index is -0.853. The van der Waals surface area contributed by atoms with E-state index in [1.807, 2.05) is 0 Å². The lowest BCUT2D eigenvalue weighted by molar-refractivity contribution is -0.138. The Hall–Kier alpha value is -1.10. The van der Waals surface area contributed by atoms with Crippen LogP contribution in [0.15, 0.2) is 11.4 Å². The maximum atomic E-state index is 11.2. The summed E-state index contributed by atoms with van der Waals surface area (Å²) in [6.45, 7) is 3.43. The monoisotopic (exact) mass is 266 g/mol. The molecule has 0 spiro atoms. The number of carbonyl (C=O) groups is 1. The van der Waals surface area contributed by atoms with Crippen molar-refractivity contribution in [3.05, 3.63) is 17.6 Å². The Bertz CT molecular complexity index is 460. The van der Waals surface area contributed by atoms with Gasteiger partial charge in [-0.25, -0.2) is 9.97 Å².